The number of fused-ring (bicyclic) bond motifs is 2. The van der Waals surface area contributed by atoms with E-state index in [0.29, 0.717) is 30.4 Å². The molecular formula is C14H13NO4. The molecule has 0 radical (unpaired) electrons. The predicted octanol–water partition coefficient (Wildman–Crippen LogP) is 2.19. The summed E-state index contributed by atoms with van der Waals surface area (Å²) in [6.07, 6.45) is 1.62. The van der Waals surface area contributed by atoms with E-state index >= 15 is 0 Å². The summed E-state index contributed by atoms with van der Waals surface area (Å²) in [5.74, 6) is -0.217. The Hall–Kier alpha value is -2.30. The highest BCUT2D eigenvalue weighted by Crippen LogP contribution is 2.36. The maximum absolute atomic E-state index is 11.1. The largest absolute Gasteiger partial charge is 0.486 e. The standard InChI is InChI=1S/C14H13NO4/c1-8(14(16)17)13-10-7-12-11(18-4-5-19-12)6-9(10)2-3-15-13/h2-3,6-8H,4-5H2,1H3,(H,16,17). The molecule has 1 aliphatic heterocycles. The molecule has 0 bridgehead atoms. The van der Waals surface area contributed by atoms with Crippen LogP contribution in [0.3, 0.4) is 0 Å². The third kappa shape index (κ3) is 1.97. The molecule has 0 aliphatic carbocycles. The predicted molar refractivity (Wildman–Crippen MR) is 68.8 cm³/mol. The summed E-state index contributed by atoms with van der Waals surface area (Å²) in [7, 11) is 0. The van der Waals surface area contributed by atoms with Crippen molar-refractivity contribution in [2.24, 2.45) is 0 Å². The minimum absolute atomic E-state index is 0.503. The number of pyridine rings is 1. The molecule has 3 rings (SSSR count). The van der Waals surface area contributed by atoms with Gasteiger partial charge in [0.2, 0.25) is 0 Å². The number of carboxylic acids is 1. The molecule has 0 amide bonds. The van der Waals surface area contributed by atoms with E-state index in [-0.39, 0.29) is 0 Å². The summed E-state index contributed by atoms with van der Waals surface area (Å²) in [6, 6.07) is 5.51. The Bertz CT molecular complexity index is 653. The maximum atomic E-state index is 11.1. The van der Waals surface area contributed by atoms with Gasteiger partial charge in [0.1, 0.15) is 13.2 Å². The van der Waals surface area contributed by atoms with Crippen LogP contribution in [-0.4, -0.2) is 29.3 Å². The summed E-state index contributed by atoms with van der Waals surface area (Å²) in [5.41, 5.74) is 0.543. The van der Waals surface area contributed by atoms with Crippen molar-refractivity contribution in [3.8, 4) is 11.5 Å². The first-order chi connectivity index (χ1) is 9.16. The third-order valence-electron chi connectivity index (χ3n) is 3.24. The second-order valence-electron chi connectivity index (χ2n) is 4.47. The van der Waals surface area contributed by atoms with Crippen molar-refractivity contribution in [2.45, 2.75) is 12.8 Å². The molecule has 1 aromatic heterocycles. The average Bonchev–Trinajstić information content (AvgIpc) is 2.43. The molecule has 1 aromatic carbocycles. The molecule has 19 heavy (non-hydrogen) atoms. The van der Waals surface area contributed by atoms with E-state index in [9.17, 15) is 4.79 Å². The van der Waals surface area contributed by atoms with Crippen LogP contribution in [0, 0.1) is 0 Å². The molecule has 1 atom stereocenters. The molecule has 0 spiro atoms. The van der Waals surface area contributed by atoms with Crippen molar-refractivity contribution in [1.29, 1.82) is 0 Å². The number of carboxylic acid groups (broad SMARTS) is 1. The van der Waals surface area contributed by atoms with Gasteiger partial charge in [0.25, 0.3) is 0 Å². The number of nitrogens with zero attached hydrogens (tertiary/aromatic N) is 1. The number of aromatic nitrogens is 1. The van der Waals surface area contributed by atoms with E-state index in [1.165, 1.54) is 0 Å². The fraction of sp³-hybridized carbons (Fsp3) is 0.286. The van der Waals surface area contributed by atoms with Gasteiger partial charge in [-0.15, -0.1) is 0 Å². The second-order valence-corrected chi connectivity index (χ2v) is 4.47. The molecule has 2 heterocycles. The van der Waals surface area contributed by atoms with Crippen LogP contribution < -0.4 is 9.47 Å². The highest BCUT2D eigenvalue weighted by Gasteiger charge is 2.20. The summed E-state index contributed by atoms with van der Waals surface area (Å²) in [5, 5.41) is 10.8. The molecular weight excluding hydrogens is 246 g/mol. The smallest absolute Gasteiger partial charge is 0.312 e. The fourth-order valence-electron chi connectivity index (χ4n) is 2.19. The van der Waals surface area contributed by atoms with Crippen molar-refractivity contribution in [2.75, 3.05) is 13.2 Å². The number of ether oxygens (including phenoxy) is 2. The van der Waals surface area contributed by atoms with Crippen LogP contribution in [0.25, 0.3) is 10.8 Å². The van der Waals surface area contributed by atoms with Gasteiger partial charge < -0.3 is 14.6 Å². The number of hydrogen-bond donors (Lipinski definition) is 1. The van der Waals surface area contributed by atoms with Crippen molar-refractivity contribution < 1.29 is 19.4 Å². The van der Waals surface area contributed by atoms with Gasteiger partial charge in [-0.1, -0.05) is 0 Å². The van der Waals surface area contributed by atoms with Crippen LogP contribution in [0.4, 0.5) is 0 Å². The molecule has 1 N–H and O–H groups in total. The van der Waals surface area contributed by atoms with Crippen molar-refractivity contribution >= 4 is 16.7 Å². The number of benzene rings is 1. The van der Waals surface area contributed by atoms with Crippen LogP contribution in [0.1, 0.15) is 18.5 Å². The summed E-state index contributed by atoms with van der Waals surface area (Å²) in [6.45, 7) is 2.66. The summed E-state index contributed by atoms with van der Waals surface area (Å²) >= 11 is 0. The molecule has 1 unspecified atom stereocenters. The molecule has 0 saturated carbocycles. The van der Waals surface area contributed by atoms with Crippen molar-refractivity contribution in [3.63, 3.8) is 0 Å². The Balaban J connectivity index is 2.21. The van der Waals surface area contributed by atoms with Gasteiger partial charge in [-0.05, 0) is 30.5 Å². The SMILES string of the molecule is CC(C(=O)O)c1nccc2cc3c(cc12)OCCO3. The van der Waals surface area contributed by atoms with Crippen molar-refractivity contribution in [3.05, 3.63) is 30.1 Å². The van der Waals surface area contributed by atoms with E-state index in [2.05, 4.69) is 4.98 Å². The number of carbonyl (C=O) groups is 1. The Morgan fingerprint density at radius 3 is 2.68 bits per heavy atom. The molecule has 0 fully saturated rings. The summed E-state index contributed by atoms with van der Waals surface area (Å²) < 4.78 is 11.0. The number of aliphatic carboxylic acids is 1. The van der Waals surface area contributed by atoms with Crippen LogP contribution in [-0.2, 0) is 4.79 Å². The lowest BCUT2D eigenvalue weighted by Gasteiger charge is -2.19. The van der Waals surface area contributed by atoms with Gasteiger partial charge in [-0.25, -0.2) is 0 Å². The lowest BCUT2D eigenvalue weighted by Crippen LogP contribution is -2.15. The zero-order valence-corrected chi connectivity index (χ0v) is 10.4. The Morgan fingerprint density at radius 1 is 1.32 bits per heavy atom. The second kappa shape index (κ2) is 4.42. The quantitative estimate of drug-likeness (QED) is 0.895. The molecule has 5 nitrogen and oxygen atoms in total. The van der Waals surface area contributed by atoms with Crippen LogP contribution in [0.15, 0.2) is 24.4 Å². The number of hydrogen-bond acceptors (Lipinski definition) is 4. The summed E-state index contributed by atoms with van der Waals surface area (Å²) in [4.78, 5) is 15.3. The monoisotopic (exact) mass is 259 g/mol. The van der Waals surface area contributed by atoms with Crippen LogP contribution in [0.2, 0.25) is 0 Å². The van der Waals surface area contributed by atoms with Gasteiger partial charge in [-0.2, -0.15) is 0 Å². The highest BCUT2D eigenvalue weighted by molar-refractivity contribution is 5.91. The Labute approximate surface area is 109 Å². The van der Waals surface area contributed by atoms with Gasteiger partial charge in [0, 0.05) is 11.6 Å². The van der Waals surface area contributed by atoms with E-state index < -0.39 is 11.9 Å². The third-order valence-corrected chi connectivity index (χ3v) is 3.24. The Kier molecular flexibility index (Phi) is 2.74. The van der Waals surface area contributed by atoms with E-state index in [0.717, 1.165) is 10.8 Å². The van der Waals surface area contributed by atoms with Crippen LogP contribution >= 0.6 is 0 Å². The lowest BCUT2D eigenvalue weighted by molar-refractivity contribution is -0.138. The normalized spacial score (nSPS) is 15.2. The number of rotatable bonds is 2. The zero-order chi connectivity index (χ0) is 13.4. The maximum Gasteiger partial charge on any atom is 0.312 e. The molecule has 5 heteroatoms. The minimum atomic E-state index is -0.894. The van der Waals surface area contributed by atoms with Gasteiger partial charge in [0.05, 0.1) is 11.6 Å². The first-order valence-electron chi connectivity index (χ1n) is 6.08. The first-order valence-corrected chi connectivity index (χ1v) is 6.08. The van der Waals surface area contributed by atoms with Crippen molar-refractivity contribution in [1.82, 2.24) is 4.98 Å². The van der Waals surface area contributed by atoms with Gasteiger partial charge >= 0.3 is 5.97 Å². The zero-order valence-electron chi connectivity index (χ0n) is 10.4. The Morgan fingerprint density at radius 2 is 2.00 bits per heavy atom. The topological polar surface area (TPSA) is 68.7 Å². The van der Waals surface area contributed by atoms with E-state index in [4.69, 9.17) is 14.6 Å². The molecule has 0 saturated heterocycles. The van der Waals surface area contributed by atoms with Gasteiger partial charge in [0.15, 0.2) is 11.5 Å². The fourth-order valence-corrected chi connectivity index (χ4v) is 2.19. The first kappa shape index (κ1) is 11.8. The molecule has 98 valence electrons. The minimum Gasteiger partial charge on any atom is -0.486 e. The highest BCUT2D eigenvalue weighted by atomic mass is 16.6. The van der Waals surface area contributed by atoms with Crippen LogP contribution in [0.5, 0.6) is 11.5 Å². The molecule has 1 aliphatic rings. The molecule has 2 aromatic rings. The van der Waals surface area contributed by atoms with E-state index in [1.807, 2.05) is 18.2 Å². The van der Waals surface area contributed by atoms with E-state index in [1.54, 1.807) is 13.1 Å². The lowest BCUT2D eigenvalue weighted by atomic mass is 10.00. The van der Waals surface area contributed by atoms with Gasteiger partial charge in [-0.3, -0.25) is 9.78 Å². The average molecular weight is 259 g/mol.